The van der Waals surface area contributed by atoms with Gasteiger partial charge in [-0.1, -0.05) is 29.8 Å². The van der Waals surface area contributed by atoms with Crippen molar-refractivity contribution in [1.29, 1.82) is 0 Å². The zero-order valence-corrected chi connectivity index (χ0v) is 16.3. The first-order chi connectivity index (χ1) is 8.45. The van der Waals surface area contributed by atoms with Gasteiger partial charge >= 0.3 is 29.6 Å². The number of halogens is 1. The molecule has 2 nitrogen and oxygen atoms in total. The predicted octanol–water partition coefficient (Wildman–Crippen LogP) is 1.23. The second-order valence-corrected chi connectivity index (χ2v) is 7.88. The van der Waals surface area contributed by atoms with Crippen LogP contribution >= 0.6 is 27.3 Å². The first-order valence-electron chi connectivity index (χ1n) is 6.20. The van der Waals surface area contributed by atoms with Gasteiger partial charge in [-0.3, -0.25) is 0 Å². The minimum absolute atomic E-state index is 0. The number of thiazole rings is 1. The van der Waals surface area contributed by atoms with E-state index in [0.717, 1.165) is 23.1 Å². The molecule has 1 atom stereocenters. The number of fused-ring (bicyclic) bond motifs is 1. The summed E-state index contributed by atoms with van der Waals surface area (Å²) in [7, 11) is 2.20. The van der Waals surface area contributed by atoms with Gasteiger partial charge < -0.3 is 6.33 Å². The first-order valence-corrected chi connectivity index (χ1v) is 7.81. The van der Waals surface area contributed by atoms with E-state index < -0.39 is 0 Å². The molecule has 1 aromatic carbocycles. The van der Waals surface area contributed by atoms with Crippen LogP contribution in [0.2, 0.25) is 0 Å². The Balaban J connectivity index is 0.000001000. The fourth-order valence-electron chi connectivity index (χ4n) is 2.91. The van der Waals surface area contributed by atoms with Crippen molar-refractivity contribution in [3.8, 4) is 0 Å². The maximum atomic E-state index is 4.85. The van der Waals surface area contributed by atoms with Gasteiger partial charge in [-0.15, -0.1) is 11.3 Å². The van der Waals surface area contributed by atoms with E-state index in [1.165, 1.54) is 9.71 Å². The van der Waals surface area contributed by atoms with Crippen molar-refractivity contribution in [1.82, 2.24) is 9.88 Å². The summed E-state index contributed by atoms with van der Waals surface area (Å²) in [6.07, 6.45) is 0. The Bertz CT molecular complexity index is 602. The molecular weight excluding hydrogens is 331 g/mol. The number of benzene rings is 1. The van der Waals surface area contributed by atoms with Crippen LogP contribution < -0.4 is 29.6 Å². The minimum Gasteiger partial charge on any atom is -1.00 e. The molecule has 3 rings (SSSR count). The maximum absolute atomic E-state index is 4.85. The monoisotopic (exact) mass is 348 g/mol. The van der Waals surface area contributed by atoms with E-state index in [0.29, 0.717) is 11.3 Å². The third kappa shape index (κ3) is 3.09. The van der Waals surface area contributed by atoms with Gasteiger partial charge in [0.25, 0.3) is 0 Å². The quantitative estimate of drug-likeness (QED) is 0.720. The smallest absolute Gasteiger partial charge is 1.00 e. The zero-order chi connectivity index (χ0) is 12.9. The minimum atomic E-state index is 0. The molecule has 98 valence electrons. The molecule has 0 radical (unpaired) electrons. The molecule has 2 aromatic rings. The van der Waals surface area contributed by atoms with E-state index in [9.17, 15) is 0 Å². The molecule has 0 saturated carbocycles. The van der Waals surface area contributed by atoms with Gasteiger partial charge in [0.1, 0.15) is 0 Å². The molecule has 1 aliphatic rings. The van der Waals surface area contributed by atoms with Crippen LogP contribution in [0.25, 0.3) is 10.2 Å². The van der Waals surface area contributed by atoms with Crippen molar-refractivity contribution in [3.63, 3.8) is 0 Å². The van der Waals surface area contributed by atoms with Crippen LogP contribution in [0.4, 0.5) is 0 Å². The molecule has 19 heavy (non-hydrogen) atoms. The summed E-state index contributed by atoms with van der Waals surface area (Å²) in [6.45, 7) is 6.97. The molecule has 0 bridgehead atoms. The topological polar surface area (TPSA) is 16.1 Å². The average Bonchev–Trinajstić information content (AvgIpc) is 2.77. The normalized spacial score (nSPS) is 22.6. The van der Waals surface area contributed by atoms with Gasteiger partial charge in [0.15, 0.2) is 0 Å². The summed E-state index contributed by atoms with van der Waals surface area (Å²) >= 11 is 5.36. The summed E-state index contributed by atoms with van der Waals surface area (Å²) < 4.78 is 2.40. The van der Waals surface area contributed by atoms with Crippen LogP contribution in [0.15, 0.2) is 22.7 Å². The summed E-state index contributed by atoms with van der Waals surface area (Å²) in [5.74, 6) is 0.554. The third-order valence-electron chi connectivity index (χ3n) is 3.78. The van der Waals surface area contributed by atoms with Gasteiger partial charge in [-0.05, 0) is 30.7 Å². The molecule has 0 amide bonds. The van der Waals surface area contributed by atoms with E-state index in [1.54, 1.807) is 0 Å². The summed E-state index contributed by atoms with van der Waals surface area (Å²) in [5.41, 5.74) is 1.44. The van der Waals surface area contributed by atoms with E-state index in [4.69, 9.17) is 4.98 Å². The van der Waals surface area contributed by atoms with Crippen LogP contribution in [0.1, 0.15) is 26.2 Å². The number of nitrogens with zero attached hydrogens (tertiary/aromatic N) is 2. The van der Waals surface area contributed by atoms with E-state index in [-0.39, 0.29) is 31.0 Å². The van der Waals surface area contributed by atoms with E-state index in [2.05, 4.69) is 59.9 Å². The van der Waals surface area contributed by atoms with Crippen LogP contribution in [0.5, 0.6) is 0 Å². The molecular formula is C14H18BrN2NaS. The molecule has 2 heterocycles. The van der Waals surface area contributed by atoms with Crippen molar-refractivity contribution >= 4 is 37.5 Å². The number of hydrogen-bond acceptors (Lipinski definition) is 3. The van der Waals surface area contributed by atoms with Gasteiger partial charge in [0, 0.05) is 23.5 Å². The molecule has 1 fully saturated rings. The van der Waals surface area contributed by atoms with Crippen molar-refractivity contribution in [2.45, 2.75) is 19.8 Å². The Morgan fingerprint density at radius 1 is 1.47 bits per heavy atom. The van der Waals surface area contributed by atoms with Crippen LogP contribution in [-0.4, -0.2) is 30.0 Å². The number of likely N-dealkylation sites (N-methyl/N-ethyl adjacent to an activating group) is 1. The Kier molecular flexibility index (Phi) is 4.81. The number of likely N-dealkylation sites (tertiary alicyclic amines) is 1. The molecule has 1 aromatic heterocycles. The van der Waals surface area contributed by atoms with Crippen molar-refractivity contribution in [3.05, 3.63) is 27.7 Å². The Morgan fingerprint density at radius 2 is 2.21 bits per heavy atom. The second-order valence-electron chi connectivity index (χ2n) is 5.90. The fraction of sp³-hybridized carbons (Fsp3) is 0.500. The molecule has 5 heteroatoms. The summed E-state index contributed by atoms with van der Waals surface area (Å²) in [6, 6.07) is 6.36. The SMILES string of the molecule is CN1CC(c2nc3cc(Br)ccc3s2)C(C)(C)C1.[H-].[Na+]. The molecule has 0 aliphatic carbocycles. The largest absolute Gasteiger partial charge is 1.00 e. The van der Waals surface area contributed by atoms with E-state index in [1.807, 2.05) is 11.3 Å². The van der Waals surface area contributed by atoms with Gasteiger partial charge in [-0.25, -0.2) is 4.98 Å². The standard InChI is InChI=1S/C14H17BrN2S.Na.H/c1-14(2)8-17(3)7-10(14)13-16-11-6-9(15)4-5-12(11)18-13;;/h4-6,10H,7-8H2,1-3H3;;/q;+1;-1. The van der Waals surface area contributed by atoms with Crippen molar-refractivity contribution < 1.29 is 31.0 Å². The maximum Gasteiger partial charge on any atom is 1.00 e. The van der Waals surface area contributed by atoms with Gasteiger partial charge in [0.2, 0.25) is 0 Å². The fourth-order valence-corrected chi connectivity index (χ4v) is 4.51. The van der Waals surface area contributed by atoms with Crippen molar-refractivity contribution in [2.75, 3.05) is 20.1 Å². The molecule has 1 saturated heterocycles. The molecule has 1 unspecified atom stereocenters. The van der Waals surface area contributed by atoms with Gasteiger partial charge in [0.05, 0.1) is 15.2 Å². The van der Waals surface area contributed by atoms with E-state index >= 15 is 0 Å². The molecule has 1 aliphatic heterocycles. The Morgan fingerprint density at radius 3 is 2.84 bits per heavy atom. The third-order valence-corrected chi connectivity index (χ3v) is 5.42. The Labute approximate surface area is 150 Å². The first kappa shape index (κ1) is 15.9. The van der Waals surface area contributed by atoms with Crippen LogP contribution in [0, 0.1) is 5.41 Å². The number of aromatic nitrogens is 1. The Hall–Kier alpha value is 0.550. The molecule has 0 spiro atoms. The van der Waals surface area contributed by atoms with Crippen LogP contribution in [0.3, 0.4) is 0 Å². The van der Waals surface area contributed by atoms with Gasteiger partial charge in [-0.2, -0.15) is 0 Å². The van der Waals surface area contributed by atoms with Crippen molar-refractivity contribution in [2.24, 2.45) is 5.41 Å². The number of rotatable bonds is 1. The zero-order valence-electron chi connectivity index (χ0n) is 12.9. The molecule has 0 N–H and O–H groups in total. The van der Waals surface area contributed by atoms with Crippen LogP contribution in [-0.2, 0) is 0 Å². The summed E-state index contributed by atoms with van der Waals surface area (Å²) in [4.78, 5) is 7.26. The second kappa shape index (κ2) is 5.74. The average molecular weight is 349 g/mol. The number of hydrogen-bond donors (Lipinski definition) is 0. The summed E-state index contributed by atoms with van der Waals surface area (Å²) in [5, 5.41) is 1.29. The predicted molar refractivity (Wildman–Crippen MR) is 82.5 cm³/mol.